The van der Waals surface area contributed by atoms with Gasteiger partial charge in [0.05, 0.1) is 11.5 Å². The van der Waals surface area contributed by atoms with Gasteiger partial charge in [-0.05, 0) is 19.8 Å². The lowest BCUT2D eigenvalue weighted by Gasteiger charge is -2.21. The maximum absolute atomic E-state index is 11.8. The van der Waals surface area contributed by atoms with E-state index in [1.54, 1.807) is 4.90 Å². The SMILES string of the molecule is CCCN(CC(N)=S)C(=O)CCCOCC. The molecule has 0 spiro atoms. The van der Waals surface area contributed by atoms with Gasteiger partial charge >= 0.3 is 0 Å². The highest BCUT2D eigenvalue weighted by Crippen LogP contribution is 2.00. The van der Waals surface area contributed by atoms with E-state index in [4.69, 9.17) is 22.7 Å². The van der Waals surface area contributed by atoms with Gasteiger partial charge in [0.2, 0.25) is 5.91 Å². The fraction of sp³-hybridized carbons (Fsp3) is 0.818. The molecule has 0 aliphatic rings. The largest absolute Gasteiger partial charge is 0.392 e. The van der Waals surface area contributed by atoms with Crippen molar-refractivity contribution in [2.45, 2.75) is 33.1 Å². The van der Waals surface area contributed by atoms with Crippen LogP contribution in [0.2, 0.25) is 0 Å². The van der Waals surface area contributed by atoms with Crippen molar-refractivity contribution in [2.75, 3.05) is 26.3 Å². The summed E-state index contributed by atoms with van der Waals surface area (Å²) < 4.78 is 5.18. The molecule has 0 aromatic rings. The Morgan fingerprint density at radius 1 is 1.44 bits per heavy atom. The van der Waals surface area contributed by atoms with Crippen molar-refractivity contribution in [3.8, 4) is 0 Å². The van der Waals surface area contributed by atoms with Crippen LogP contribution in [0.4, 0.5) is 0 Å². The van der Waals surface area contributed by atoms with Crippen LogP contribution in [0.25, 0.3) is 0 Å². The lowest BCUT2D eigenvalue weighted by molar-refractivity contribution is -0.130. The quantitative estimate of drug-likeness (QED) is 0.492. The molecule has 0 radical (unpaired) electrons. The zero-order chi connectivity index (χ0) is 12.4. The summed E-state index contributed by atoms with van der Waals surface area (Å²) in [6.07, 6.45) is 2.17. The van der Waals surface area contributed by atoms with Crippen LogP contribution in [0.5, 0.6) is 0 Å². The lowest BCUT2D eigenvalue weighted by Crippen LogP contribution is -2.38. The number of carbonyl (C=O) groups excluding carboxylic acids is 1. The van der Waals surface area contributed by atoms with Crippen molar-refractivity contribution in [1.29, 1.82) is 0 Å². The van der Waals surface area contributed by atoms with Crippen molar-refractivity contribution in [3.63, 3.8) is 0 Å². The van der Waals surface area contributed by atoms with E-state index in [0.29, 0.717) is 37.7 Å². The van der Waals surface area contributed by atoms with Gasteiger partial charge in [-0.15, -0.1) is 0 Å². The molecule has 0 heterocycles. The van der Waals surface area contributed by atoms with E-state index in [0.717, 1.165) is 12.8 Å². The first-order valence-electron chi connectivity index (χ1n) is 5.75. The second-order valence-corrected chi connectivity index (χ2v) is 4.11. The zero-order valence-corrected chi connectivity index (χ0v) is 11.0. The number of hydrogen-bond donors (Lipinski definition) is 1. The molecule has 0 fully saturated rings. The molecule has 0 rings (SSSR count). The normalized spacial score (nSPS) is 10.1. The van der Waals surface area contributed by atoms with Gasteiger partial charge in [0.25, 0.3) is 0 Å². The van der Waals surface area contributed by atoms with Gasteiger partial charge in [0, 0.05) is 26.2 Å². The molecule has 94 valence electrons. The Kier molecular flexibility index (Phi) is 9.13. The van der Waals surface area contributed by atoms with Gasteiger partial charge < -0.3 is 15.4 Å². The second kappa shape index (κ2) is 9.54. The molecule has 16 heavy (non-hydrogen) atoms. The van der Waals surface area contributed by atoms with Gasteiger partial charge in [0.1, 0.15) is 0 Å². The Hall–Kier alpha value is -0.680. The van der Waals surface area contributed by atoms with Crippen LogP contribution in [0.1, 0.15) is 33.1 Å². The summed E-state index contributed by atoms with van der Waals surface area (Å²) in [7, 11) is 0. The molecule has 4 nitrogen and oxygen atoms in total. The molecule has 0 atom stereocenters. The maximum atomic E-state index is 11.8. The first-order chi connectivity index (χ1) is 7.61. The number of thiocarbonyl (C=S) groups is 1. The topological polar surface area (TPSA) is 55.6 Å². The molecule has 0 saturated heterocycles. The molecule has 0 saturated carbocycles. The number of nitrogens with zero attached hydrogens (tertiary/aromatic N) is 1. The Balaban J connectivity index is 3.91. The fourth-order valence-corrected chi connectivity index (χ4v) is 1.53. The monoisotopic (exact) mass is 246 g/mol. The van der Waals surface area contributed by atoms with Crippen LogP contribution in [-0.2, 0) is 9.53 Å². The number of nitrogens with two attached hydrogens (primary N) is 1. The van der Waals surface area contributed by atoms with Gasteiger partial charge in [-0.25, -0.2) is 0 Å². The molecule has 2 N–H and O–H groups in total. The predicted molar refractivity (Wildman–Crippen MR) is 69.4 cm³/mol. The summed E-state index contributed by atoms with van der Waals surface area (Å²) in [6, 6.07) is 0. The molecule has 0 aliphatic carbocycles. The first kappa shape index (κ1) is 15.3. The third-order valence-electron chi connectivity index (χ3n) is 2.08. The van der Waals surface area contributed by atoms with E-state index < -0.39 is 0 Å². The molecule has 0 bridgehead atoms. The number of carbonyl (C=O) groups is 1. The molecule has 5 heteroatoms. The van der Waals surface area contributed by atoms with Crippen molar-refractivity contribution in [3.05, 3.63) is 0 Å². The third kappa shape index (κ3) is 7.59. The maximum Gasteiger partial charge on any atom is 0.223 e. The van der Waals surface area contributed by atoms with E-state index >= 15 is 0 Å². The van der Waals surface area contributed by atoms with Crippen LogP contribution in [0.3, 0.4) is 0 Å². The molecule has 0 aromatic heterocycles. The Labute approximate surface area is 103 Å². The average molecular weight is 246 g/mol. The highest BCUT2D eigenvalue weighted by atomic mass is 32.1. The molecule has 0 unspecified atom stereocenters. The van der Waals surface area contributed by atoms with E-state index in [2.05, 4.69) is 0 Å². The summed E-state index contributed by atoms with van der Waals surface area (Å²) in [5, 5.41) is 0. The molecule has 0 aliphatic heterocycles. The van der Waals surface area contributed by atoms with Crippen molar-refractivity contribution in [1.82, 2.24) is 4.90 Å². The third-order valence-corrected chi connectivity index (χ3v) is 2.21. The highest BCUT2D eigenvalue weighted by molar-refractivity contribution is 7.80. The van der Waals surface area contributed by atoms with Gasteiger partial charge in [-0.2, -0.15) is 0 Å². The highest BCUT2D eigenvalue weighted by Gasteiger charge is 2.12. The zero-order valence-electron chi connectivity index (χ0n) is 10.2. The average Bonchev–Trinajstić information content (AvgIpc) is 2.23. The minimum atomic E-state index is 0.106. The molecule has 0 aromatic carbocycles. The minimum absolute atomic E-state index is 0.106. The molecular weight excluding hydrogens is 224 g/mol. The van der Waals surface area contributed by atoms with Crippen molar-refractivity contribution in [2.24, 2.45) is 5.73 Å². The van der Waals surface area contributed by atoms with E-state index in [-0.39, 0.29) is 5.91 Å². The summed E-state index contributed by atoms with van der Waals surface area (Å²) in [5.41, 5.74) is 5.45. The summed E-state index contributed by atoms with van der Waals surface area (Å²) in [4.78, 5) is 13.9. The smallest absolute Gasteiger partial charge is 0.223 e. The van der Waals surface area contributed by atoms with Crippen molar-refractivity contribution < 1.29 is 9.53 Å². The number of amides is 1. The Morgan fingerprint density at radius 3 is 2.62 bits per heavy atom. The van der Waals surface area contributed by atoms with Gasteiger partial charge in [-0.1, -0.05) is 19.1 Å². The first-order valence-corrected chi connectivity index (χ1v) is 6.16. The lowest BCUT2D eigenvalue weighted by atomic mass is 10.2. The standard InChI is InChI=1S/C11H22N2O2S/c1-3-7-13(9-10(12)16)11(14)6-5-8-15-4-2/h3-9H2,1-2H3,(H2,12,16). The second-order valence-electron chi connectivity index (χ2n) is 3.58. The summed E-state index contributed by atoms with van der Waals surface area (Å²) in [5.74, 6) is 0.106. The number of hydrogen-bond acceptors (Lipinski definition) is 3. The van der Waals surface area contributed by atoms with Crippen LogP contribution < -0.4 is 5.73 Å². The van der Waals surface area contributed by atoms with Crippen molar-refractivity contribution >= 4 is 23.1 Å². The van der Waals surface area contributed by atoms with E-state index in [9.17, 15) is 4.79 Å². The van der Waals surface area contributed by atoms with Gasteiger partial charge in [-0.3, -0.25) is 4.79 Å². The van der Waals surface area contributed by atoms with Crippen LogP contribution >= 0.6 is 12.2 Å². The van der Waals surface area contributed by atoms with Crippen LogP contribution in [-0.4, -0.2) is 42.1 Å². The summed E-state index contributed by atoms with van der Waals surface area (Å²) >= 11 is 4.82. The molecule has 1 amide bonds. The van der Waals surface area contributed by atoms with E-state index in [1.807, 2.05) is 13.8 Å². The predicted octanol–water partition coefficient (Wildman–Crippen LogP) is 1.33. The van der Waals surface area contributed by atoms with Crippen LogP contribution in [0, 0.1) is 0 Å². The summed E-state index contributed by atoms with van der Waals surface area (Å²) in [6.45, 7) is 6.40. The Bertz CT molecular complexity index is 222. The van der Waals surface area contributed by atoms with Gasteiger partial charge in [0.15, 0.2) is 0 Å². The van der Waals surface area contributed by atoms with Crippen LogP contribution in [0.15, 0.2) is 0 Å². The number of ether oxygens (including phenoxy) is 1. The Morgan fingerprint density at radius 2 is 2.12 bits per heavy atom. The van der Waals surface area contributed by atoms with E-state index in [1.165, 1.54) is 0 Å². The number of rotatable bonds is 9. The minimum Gasteiger partial charge on any atom is -0.392 e. The fourth-order valence-electron chi connectivity index (χ4n) is 1.38. The molecular formula is C11H22N2O2S.